The smallest absolute Gasteiger partial charge is 0.173 e. The molecule has 2 aromatic carbocycles. The number of nitrogens with zero attached hydrogens (tertiary/aromatic N) is 1. The molecule has 1 atom stereocenters. The first-order valence-corrected chi connectivity index (χ1v) is 10.6. The van der Waals surface area contributed by atoms with Crippen molar-refractivity contribution in [2.45, 2.75) is 32.9 Å². The molecule has 0 amide bonds. The summed E-state index contributed by atoms with van der Waals surface area (Å²) in [7, 11) is 1.69. The van der Waals surface area contributed by atoms with Crippen LogP contribution in [0.25, 0.3) is 0 Å². The number of nitrogens with one attached hydrogen (secondary N) is 1. The van der Waals surface area contributed by atoms with Crippen molar-refractivity contribution in [1.29, 1.82) is 0 Å². The molecule has 0 saturated heterocycles. The number of anilines is 1. The third-order valence-electron chi connectivity index (χ3n) is 4.65. The van der Waals surface area contributed by atoms with E-state index >= 15 is 0 Å². The van der Waals surface area contributed by atoms with Crippen molar-refractivity contribution in [3.63, 3.8) is 0 Å². The number of hydrogen-bond donors (Lipinski definition) is 1. The Bertz CT molecular complexity index is 891. The van der Waals surface area contributed by atoms with Crippen molar-refractivity contribution in [1.82, 2.24) is 4.90 Å². The van der Waals surface area contributed by atoms with Crippen molar-refractivity contribution in [3.8, 4) is 5.75 Å². The summed E-state index contributed by atoms with van der Waals surface area (Å²) in [6.07, 6.45) is 0.962. The van der Waals surface area contributed by atoms with Crippen LogP contribution in [-0.4, -0.2) is 23.2 Å². The Morgan fingerprint density at radius 1 is 1.14 bits per heavy atom. The Labute approximate surface area is 177 Å². The van der Waals surface area contributed by atoms with Gasteiger partial charge in [0.05, 0.1) is 7.11 Å². The van der Waals surface area contributed by atoms with Crippen molar-refractivity contribution in [2.75, 3.05) is 12.4 Å². The zero-order valence-electron chi connectivity index (χ0n) is 16.5. The van der Waals surface area contributed by atoms with Gasteiger partial charge in [-0.1, -0.05) is 30.3 Å². The summed E-state index contributed by atoms with van der Waals surface area (Å²) in [5, 5.41) is 6.29. The maximum absolute atomic E-state index is 5.81. The van der Waals surface area contributed by atoms with Gasteiger partial charge in [0.15, 0.2) is 5.11 Å². The van der Waals surface area contributed by atoms with Crippen LogP contribution in [0.5, 0.6) is 5.75 Å². The molecule has 3 rings (SSSR count). The van der Waals surface area contributed by atoms with Crippen LogP contribution in [0.3, 0.4) is 0 Å². The molecule has 1 aromatic heterocycles. The number of hydrogen-bond acceptors (Lipinski definition) is 3. The van der Waals surface area contributed by atoms with Gasteiger partial charge in [0, 0.05) is 29.6 Å². The number of rotatable bonds is 7. The molecule has 0 saturated carbocycles. The van der Waals surface area contributed by atoms with Gasteiger partial charge in [-0.25, -0.2) is 0 Å². The Kier molecular flexibility index (Phi) is 7.06. The summed E-state index contributed by atoms with van der Waals surface area (Å²) in [6, 6.07) is 21.0. The lowest BCUT2D eigenvalue weighted by Crippen LogP contribution is -2.41. The minimum Gasteiger partial charge on any atom is -0.497 e. The first-order chi connectivity index (χ1) is 13.5. The molecule has 0 fully saturated rings. The van der Waals surface area contributed by atoms with Gasteiger partial charge in [-0.05, 0) is 72.9 Å². The monoisotopic (exact) mass is 410 g/mol. The largest absolute Gasteiger partial charge is 0.497 e. The van der Waals surface area contributed by atoms with Crippen LogP contribution in [0.15, 0.2) is 66.0 Å². The van der Waals surface area contributed by atoms with E-state index in [9.17, 15) is 0 Å². The molecule has 1 heterocycles. The predicted molar refractivity (Wildman–Crippen MR) is 123 cm³/mol. The van der Waals surface area contributed by atoms with Gasteiger partial charge >= 0.3 is 0 Å². The van der Waals surface area contributed by atoms with E-state index in [1.54, 1.807) is 18.4 Å². The van der Waals surface area contributed by atoms with Crippen LogP contribution in [0.1, 0.15) is 22.9 Å². The molecule has 3 aromatic rings. The number of benzene rings is 2. The predicted octanol–water partition coefficient (Wildman–Crippen LogP) is 5.90. The summed E-state index contributed by atoms with van der Waals surface area (Å²) >= 11 is 7.60. The standard InChI is InChI=1S/C23H26N2OS2/c1-17-6-4-7-20(14-17)24-23(27)25(18(2)15-22-8-5-13-28-22)16-19-9-11-21(26-3)12-10-19/h4-14,18H,15-16H2,1-3H3,(H,24,27)/t18-/m1/s1. The highest BCUT2D eigenvalue weighted by Gasteiger charge is 2.19. The van der Waals surface area contributed by atoms with Crippen LogP contribution in [-0.2, 0) is 13.0 Å². The summed E-state index contributed by atoms with van der Waals surface area (Å²) in [4.78, 5) is 3.63. The molecule has 0 aliphatic carbocycles. The molecule has 3 nitrogen and oxygen atoms in total. The van der Waals surface area contributed by atoms with Gasteiger partial charge in [-0.2, -0.15) is 0 Å². The number of thiophene rings is 1. The zero-order valence-corrected chi connectivity index (χ0v) is 18.1. The van der Waals surface area contributed by atoms with Gasteiger partial charge < -0.3 is 15.0 Å². The average Bonchev–Trinajstić information content (AvgIpc) is 3.19. The lowest BCUT2D eigenvalue weighted by molar-refractivity contribution is 0.326. The Hall–Kier alpha value is -2.37. The molecule has 0 aliphatic rings. The number of ether oxygens (including phenoxy) is 1. The highest BCUT2D eigenvalue weighted by Crippen LogP contribution is 2.20. The van der Waals surface area contributed by atoms with E-state index in [1.165, 1.54) is 16.0 Å². The van der Waals surface area contributed by atoms with Crippen molar-refractivity contribution < 1.29 is 4.74 Å². The summed E-state index contributed by atoms with van der Waals surface area (Å²) < 4.78 is 5.28. The van der Waals surface area contributed by atoms with Gasteiger partial charge in [0.1, 0.15) is 5.75 Å². The van der Waals surface area contributed by atoms with E-state index in [1.807, 2.05) is 18.2 Å². The highest BCUT2D eigenvalue weighted by atomic mass is 32.1. The average molecular weight is 411 g/mol. The quantitative estimate of drug-likeness (QED) is 0.491. The van der Waals surface area contributed by atoms with E-state index in [4.69, 9.17) is 17.0 Å². The first kappa shape index (κ1) is 20.4. The molecule has 0 bridgehead atoms. The summed E-state index contributed by atoms with van der Waals surface area (Å²) in [5.41, 5.74) is 3.43. The molecule has 0 aliphatic heterocycles. The number of thiocarbonyl (C=S) groups is 1. The topological polar surface area (TPSA) is 24.5 Å². The van der Waals surface area contributed by atoms with Gasteiger partial charge in [0.2, 0.25) is 0 Å². The molecule has 28 heavy (non-hydrogen) atoms. The van der Waals surface area contributed by atoms with Crippen LogP contribution >= 0.6 is 23.6 Å². The van der Waals surface area contributed by atoms with Crippen molar-refractivity contribution in [2.24, 2.45) is 0 Å². The maximum atomic E-state index is 5.81. The Morgan fingerprint density at radius 2 is 1.93 bits per heavy atom. The second-order valence-corrected chi connectivity index (χ2v) is 8.33. The van der Waals surface area contributed by atoms with Gasteiger partial charge in [0.25, 0.3) is 0 Å². The molecule has 146 valence electrons. The zero-order chi connectivity index (χ0) is 19.9. The first-order valence-electron chi connectivity index (χ1n) is 9.35. The maximum Gasteiger partial charge on any atom is 0.173 e. The van der Waals surface area contributed by atoms with E-state index in [2.05, 4.69) is 71.9 Å². The van der Waals surface area contributed by atoms with Gasteiger partial charge in [-0.15, -0.1) is 11.3 Å². The number of methoxy groups -OCH3 is 1. The molecule has 1 N–H and O–H groups in total. The van der Waals surface area contributed by atoms with Crippen LogP contribution < -0.4 is 10.1 Å². The summed E-state index contributed by atoms with van der Waals surface area (Å²) in [5.74, 6) is 0.863. The van der Waals surface area contributed by atoms with Crippen molar-refractivity contribution >= 4 is 34.4 Å². The van der Waals surface area contributed by atoms with Crippen LogP contribution in [0.4, 0.5) is 5.69 Å². The fourth-order valence-corrected chi connectivity index (χ4v) is 4.29. The molecular formula is C23H26N2OS2. The second-order valence-electron chi connectivity index (χ2n) is 6.91. The lowest BCUT2D eigenvalue weighted by atomic mass is 10.1. The molecule has 0 radical (unpaired) electrons. The number of aryl methyl sites for hydroxylation is 1. The fraction of sp³-hybridized carbons (Fsp3) is 0.261. The SMILES string of the molecule is COc1ccc(CN(C(=S)Nc2cccc(C)c2)[C@H](C)Cc2cccs2)cc1. The van der Waals surface area contributed by atoms with Crippen LogP contribution in [0, 0.1) is 6.92 Å². The molecular weight excluding hydrogens is 384 g/mol. The minimum atomic E-state index is 0.269. The highest BCUT2D eigenvalue weighted by molar-refractivity contribution is 7.80. The third kappa shape index (κ3) is 5.57. The van der Waals surface area contributed by atoms with Gasteiger partial charge in [-0.3, -0.25) is 0 Å². The normalized spacial score (nSPS) is 11.7. The lowest BCUT2D eigenvalue weighted by Gasteiger charge is -2.32. The fourth-order valence-electron chi connectivity index (χ4n) is 3.10. The van der Waals surface area contributed by atoms with E-state index in [0.717, 1.165) is 29.5 Å². The molecule has 0 spiro atoms. The molecule has 5 heteroatoms. The molecule has 0 unspecified atom stereocenters. The van der Waals surface area contributed by atoms with Crippen molar-refractivity contribution in [3.05, 3.63) is 82.0 Å². The Balaban J connectivity index is 1.78. The van der Waals surface area contributed by atoms with E-state index in [0.29, 0.717) is 0 Å². The third-order valence-corrected chi connectivity index (χ3v) is 5.89. The minimum absolute atomic E-state index is 0.269. The van der Waals surface area contributed by atoms with Crippen LogP contribution in [0.2, 0.25) is 0 Å². The summed E-state index contributed by atoms with van der Waals surface area (Å²) in [6.45, 7) is 5.06. The van der Waals surface area contributed by atoms with E-state index in [-0.39, 0.29) is 6.04 Å². The Morgan fingerprint density at radius 3 is 2.57 bits per heavy atom. The second kappa shape index (κ2) is 9.71. The van der Waals surface area contributed by atoms with E-state index < -0.39 is 0 Å².